The Labute approximate surface area is 94.3 Å². The lowest BCUT2D eigenvalue weighted by Gasteiger charge is -2.37. The fourth-order valence-electron chi connectivity index (χ4n) is 2.13. The summed E-state index contributed by atoms with van der Waals surface area (Å²) in [6, 6.07) is -0.745. The molecule has 2 N–H and O–H groups in total. The van der Waals surface area contributed by atoms with Crippen LogP contribution < -0.4 is 10.6 Å². The summed E-state index contributed by atoms with van der Waals surface area (Å²) in [6.07, 6.45) is 2.56. The number of imide groups is 2. The highest BCUT2D eigenvalue weighted by atomic mass is 16.2. The maximum Gasteiger partial charge on any atom is 0.328 e. The van der Waals surface area contributed by atoms with Crippen molar-refractivity contribution in [2.24, 2.45) is 11.3 Å². The van der Waals surface area contributed by atoms with Gasteiger partial charge in [0.2, 0.25) is 11.8 Å². The van der Waals surface area contributed by atoms with Gasteiger partial charge >= 0.3 is 6.03 Å². The van der Waals surface area contributed by atoms with Crippen molar-refractivity contribution in [2.45, 2.75) is 26.7 Å². The van der Waals surface area contributed by atoms with Crippen LogP contribution in [-0.4, -0.2) is 17.8 Å². The van der Waals surface area contributed by atoms with Crippen LogP contribution in [0.25, 0.3) is 0 Å². The Hall–Kier alpha value is -1.65. The molecule has 0 radical (unpaired) electrons. The molecule has 0 aromatic rings. The predicted molar refractivity (Wildman–Crippen MR) is 58.4 cm³/mol. The number of nitrogens with one attached hydrogen (secondary N) is 2. The lowest BCUT2D eigenvalue weighted by Crippen LogP contribution is -2.64. The van der Waals surface area contributed by atoms with Gasteiger partial charge in [0, 0.05) is 0 Å². The van der Waals surface area contributed by atoms with Gasteiger partial charge in [-0.05, 0) is 18.8 Å². The van der Waals surface area contributed by atoms with Crippen molar-refractivity contribution in [1.82, 2.24) is 10.6 Å². The van der Waals surface area contributed by atoms with Crippen molar-refractivity contribution in [2.75, 3.05) is 0 Å². The maximum absolute atomic E-state index is 11.9. The smallest absolute Gasteiger partial charge is 0.277 e. The van der Waals surface area contributed by atoms with E-state index in [1.54, 1.807) is 19.9 Å². The number of allylic oxidation sites excluding steroid dienone is 1. The van der Waals surface area contributed by atoms with Crippen LogP contribution in [0.3, 0.4) is 0 Å². The number of urea groups is 1. The highest BCUT2D eigenvalue weighted by molar-refractivity contribution is 6.19. The Morgan fingerprint density at radius 1 is 1.31 bits per heavy atom. The largest absolute Gasteiger partial charge is 0.328 e. The van der Waals surface area contributed by atoms with Gasteiger partial charge in [-0.15, -0.1) is 6.58 Å². The van der Waals surface area contributed by atoms with E-state index in [1.165, 1.54) is 0 Å². The first-order chi connectivity index (χ1) is 7.48. The van der Waals surface area contributed by atoms with E-state index >= 15 is 0 Å². The summed E-state index contributed by atoms with van der Waals surface area (Å²) in [5.41, 5.74) is -1.16. The van der Waals surface area contributed by atoms with Crippen LogP contribution in [0, 0.1) is 11.3 Å². The fourth-order valence-corrected chi connectivity index (χ4v) is 2.13. The molecule has 88 valence electrons. The van der Waals surface area contributed by atoms with Gasteiger partial charge in [0.25, 0.3) is 0 Å². The third kappa shape index (κ3) is 1.73. The second-order valence-electron chi connectivity index (χ2n) is 3.99. The lowest BCUT2D eigenvalue weighted by atomic mass is 9.70. The van der Waals surface area contributed by atoms with Crippen molar-refractivity contribution in [3.05, 3.63) is 12.7 Å². The molecule has 1 aliphatic heterocycles. The average molecular weight is 224 g/mol. The van der Waals surface area contributed by atoms with E-state index in [1.807, 2.05) is 0 Å². The number of hydrogen-bond donors (Lipinski definition) is 2. The molecule has 5 nitrogen and oxygen atoms in total. The molecule has 1 unspecified atom stereocenters. The van der Waals surface area contributed by atoms with Crippen LogP contribution >= 0.6 is 0 Å². The van der Waals surface area contributed by atoms with Crippen molar-refractivity contribution in [1.29, 1.82) is 0 Å². The molecule has 1 fully saturated rings. The van der Waals surface area contributed by atoms with E-state index in [-0.39, 0.29) is 5.92 Å². The molecule has 1 saturated heterocycles. The summed E-state index contributed by atoms with van der Waals surface area (Å²) < 4.78 is 0. The number of carbonyl (C=O) groups is 3. The summed E-state index contributed by atoms with van der Waals surface area (Å²) in [6.45, 7) is 7.16. The minimum atomic E-state index is -1.16. The van der Waals surface area contributed by atoms with Crippen LogP contribution in [0.5, 0.6) is 0 Å². The summed E-state index contributed by atoms with van der Waals surface area (Å²) >= 11 is 0. The topological polar surface area (TPSA) is 75.3 Å². The SMILES string of the molecule is C=CCC(C)C1(CC)C(=O)NC(=O)NC1=O. The first-order valence-electron chi connectivity index (χ1n) is 5.26. The highest BCUT2D eigenvalue weighted by Gasteiger charge is 2.52. The minimum absolute atomic E-state index is 0.192. The monoisotopic (exact) mass is 224 g/mol. The molecule has 16 heavy (non-hydrogen) atoms. The van der Waals surface area contributed by atoms with Crippen LogP contribution in [0.2, 0.25) is 0 Å². The molecular formula is C11H16N2O3. The van der Waals surface area contributed by atoms with Gasteiger partial charge in [-0.2, -0.15) is 0 Å². The van der Waals surface area contributed by atoms with Gasteiger partial charge < -0.3 is 0 Å². The molecular weight excluding hydrogens is 208 g/mol. The van der Waals surface area contributed by atoms with E-state index in [4.69, 9.17) is 0 Å². The molecule has 0 saturated carbocycles. The maximum atomic E-state index is 11.9. The summed E-state index contributed by atoms with van der Waals surface area (Å²) in [5, 5.41) is 4.29. The molecule has 0 spiro atoms. The Morgan fingerprint density at radius 2 is 1.81 bits per heavy atom. The molecule has 1 atom stereocenters. The van der Waals surface area contributed by atoms with Crippen LogP contribution in [0.4, 0.5) is 4.79 Å². The van der Waals surface area contributed by atoms with Crippen molar-refractivity contribution in [3.63, 3.8) is 0 Å². The second kappa shape index (κ2) is 4.47. The standard InChI is InChI=1S/C11H16N2O3/c1-4-6-7(3)11(5-2)8(14)12-10(16)13-9(11)15/h4,7H,1,5-6H2,2-3H3,(H2,12,13,14,15,16). The van der Waals surface area contributed by atoms with Gasteiger partial charge in [-0.25, -0.2) is 4.79 Å². The first-order valence-corrected chi connectivity index (χ1v) is 5.26. The molecule has 1 heterocycles. The summed E-state index contributed by atoms with van der Waals surface area (Å²) in [5.74, 6) is -1.22. The zero-order valence-corrected chi connectivity index (χ0v) is 9.50. The number of carbonyl (C=O) groups excluding carboxylic acids is 3. The fraction of sp³-hybridized carbons (Fsp3) is 0.545. The molecule has 0 aromatic carbocycles. The van der Waals surface area contributed by atoms with Gasteiger partial charge in [-0.1, -0.05) is 19.9 Å². The zero-order chi connectivity index (χ0) is 12.3. The Balaban J connectivity index is 3.09. The van der Waals surface area contributed by atoms with Gasteiger partial charge in [0.05, 0.1) is 0 Å². The van der Waals surface area contributed by atoms with E-state index < -0.39 is 23.3 Å². The molecule has 1 rings (SSSR count). The Kier molecular flexibility index (Phi) is 3.47. The van der Waals surface area contributed by atoms with Gasteiger partial charge in [-0.3, -0.25) is 20.2 Å². The number of rotatable bonds is 4. The molecule has 4 amide bonds. The molecule has 0 aliphatic carbocycles. The lowest BCUT2D eigenvalue weighted by molar-refractivity contribution is -0.148. The van der Waals surface area contributed by atoms with Gasteiger partial charge in [0.1, 0.15) is 5.41 Å². The van der Waals surface area contributed by atoms with E-state index in [0.717, 1.165) is 0 Å². The van der Waals surface area contributed by atoms with E-state index in [9.17, 15) is 14.4 Å². The number of hydrogen-bond acceptors (Lipinski definition) is 3. The Morgan fingerprint density at radius 3 is 2.19 bits per heavy atom. The zero-order valence-electron chi connectivity index (χ0n) is 9.50. The first kappa shape index (κ1) is 12.4. The van der Waals surface area contributed by atoms with Crippen molar-refractivity contribution < 1.29 is 14.4 Å². The Bertz CT molecular complexity index is 329. The predicted octanol–water partition coefficient (Wildman–Crippen LogP) is 0.961. The third-order valence-corrected chi connectivity index (χ3v) is 3.18. The molecule has 5 heteroatoms. The molecule has 0 aromatic heterocycles. The number of barbiturate groups is 1. The highest BCUT2D eigenvalue weighted by Crippen LogP contribution is 2.36. The second-order valence-corrected chi connectivity index (χ2v) is 3.99. The third-order valence-electron chi connectivity index (χ3n) is 3.18. The van der Waals surface area contributed by atoms with Gasteiger partial charge in [0.15, 0.2) is 0 Å². The van der Waals surface area contributed by atoms with Crippen LogP contribution in [0.15, 0.2) is 12.7 Å². The van der Waals surface area contributed by atoms with E-state index in [2.05, 4.69) is 17.2 Å². The van der Waals surface area contributed by atoms with Crippen LogP contribution in [-0.2, 0) is 9.59 Å². The summed E-state index contributed by atoms with van der Waals surface area (Å²) in [4.78, 5) is 34.7. The normalized spacial score (nSPS) is 21.0. The molecule has 1 aliphatic rings. The minimum Gasteiger partial charge on any atom is -0.277 e. The number of amides is 4. The average Bonchev–Trinajstić information content (AvgIpc) is 2.18. The van der Waals surface area contributed by atoms with Crippen molar-refractivity contribution >= 4 is 17.8 Å². The summed E-state index contributed by atoms with van der Waals surface area (Å²) in [7, 11) is 0. The molecule has 0 bridgehead atoms. The van der Waals surface area contributed by atoms with Crippen LogP contribution in [0.1, 0.15) is 26.7 Å². The van der Waals surface area contributed by atoms with Crippen molar-refractivity contribution in [3.8, 4) is 0 Å². The van der Waals surface area contributed by atoms with E-state index in [0.29, 0.717) is 12.8 Å². The quantitative estimate of drug-likeness (QED) is 0.551.